The van der Waals surface area contributed by atoms with Crippen molar-refractivity contribution in [3.05, 3.63) is 58.9 Å². The summed E-state index contributed by atoms with van der Waals surface area (Å²) in [7, 11) is 0. The molecule has 0 saturated heterocycles. The molecule has 106 valence electrons. The van der Waals surface area contributed by atoms with Gasteiger partial charge in [-0.3, -0.25) is 0 Å². The van der Waals surface area contributed by atoms with Crippen molar-refractivity contribution in [1.82, 2.24) is 0 Å². The van der Waals surface area contributed by atoms with Crippen LogP contribution in [-0.2, 0) is 12.1 Å². The second kappa shape index (κ2) is 5.35. The summed E-state index contributed by atoms with van der Waals surface area (Å²) in [6.07, 6.45) is 0. The van der Waals surface area contributed by atoms with E-state index in [-0.39, 0.29) is 11.0 Å². The average Bonchev–Trinajstić information content (AvgIpc) is 2.40. The Kier molecular flexibility index (Phi) is 3.94. The van der Waals surface area contributed by atoms with Crippen LogP contribution >= 0.6 is 0 Å². The van der Waals surface area contributed by atoms with Gasteiger partial charge in [0.2, 0.25) is 0 Å². The summed E-state index contributed by atoms with van der Waals surface area (Å²) in [5, 5.41) is 0. The van der Waals surface area contributed by atoms with Crippen molar-refractivity contribution >= 4 is 0 Å². The number of halogens is 2. The summed E-state index contributed by atoms with van der Waals surface area (Å²) in [6, 6.07) is 11.0. The molecule has 0 amide bonds. The fraction of sp³-hybridized carbons (Fsp3) is 0.333. The van der Waals surface area contributed by atoms with Gasteiger partial charge in [-0.05, 0) is 40.7 Å². The van der Waals surface area contributed by atoms with Crippen LogP contribution in [0.25, 0.3) is 11.1 Å². The lowest BCUT2D eigenvalue weighted by Crippen LogP contribution is -2.10. The molecule has 0 bridgehead atoms. The quantitative estimate of drug-likeness (QED) is 0.671. The van der Waals surface area contributed by atoms with Gasteiger partial charge in [-0.2, -0.15) is 0 Å². The van der Waals surface area contributed by atoms with E-state index in [0.717, 1.165) is 11.1 Å². The van der Waals surface area contributed by atoms with Crippen LogP contribution in [0.5, 0.6) is 0 Å². The lowest BCUT2D eigenvalue weighted by Gasteiger charge is -2.20. The molecule has 0 atom stereocenters. The normalized spacial score (nSPS) is 11.7. The maximum absolute atomic E-state index is 13.7. The maximum atomic E-state index is 13.7. The van der Waals surface area contributed by atoms with Crippen LogP contribution in [-0.4, -0.2) is 0 Å². The zero-order chi connectivity index (χ0) is 14.9. The van der Waals surface area contributed by atoms with Crippen molar-refractivity contribution in [2.24, 2.45) is 0 Å². The van der Waals surface area contributed by atoms with Crippen LogP contribution in [0.3, 0.4) is 0 Å². The van der Waals surface area contributed by atoms with E-state index < -0.39 is 12.5 Å². The minimum absolute atomic E-state index is 0.0679. The zero-order valence-electron chi connectivity index (χ0n) is 12.4. The van der Waals surface area contributed by atoms with Crippen molar-refractivity contribution in [2.45, 2.75) is 39.8 Å². The van der Waals surface area contributed by atoms with Gasteiger partial charge in [-0.1, -0.05) is 51.1 Å². The van der Waals surface area contributed by atoms with Gasteiger partial charge in [-0.15, -0.1) is 0 Å². The van der Waals surface area contributed by atoms with Gasteiger partial charge in [0.25, 0.3) is 0 Å². The molecule has 2 aromatic carbocycles. The minimum Gasteiger partial charge on any atom is -0.246 e. The fourth-order valence-corrected chi connectivity index (χ4v) is 2.41. The molecule has 0 nitrogen and oxygen atoms in total. The summed E-state index contributed by atoms with van der Waals surface area (Å²) in [5.74, 6) is -0.479. The van der Waals surface area contributed by atoms with E-state index in [1.165, 1.54) is 11.6 Å². The molecule has 20 heavy (non-hydrogen) atoms. The third-order valence-electron chi connectivity index (χ3n) is 3.64. The van der Waals surface area contributed by atoms with Crippen molar-refractivity contribution in [2.75, 3.05) is 0 Å². The molecule has 2 aromatic rings. The lowest BCUT2D eigenvalue weighted by molar-refractivity contribution is 0.464. The van der Waals surface area contributed by atoms with E-state index in [2.05, 4.69) is 20.8 Å². The van der Waals surface area contributed by atoms with Gasteiger partial charge in [0, 0.05) is 5.56 Å². The van der Waals surface area contributed by atoms with E-state index >= 15 is 0 Å². The lowest BCUT2D eigenvalue weighted by atomic mass is 9.85. The third-order valence-corrected chi connectivity index (χ3v) is 3.64. The summed E-state index contributed by atoms with van der Waals surface area (Å²) >= 11 is 0. The maximum Gasteiger partial charge on any atom is 0.129 e. The first-order valence-corrected chi connectivity index (χ1v) is 6.79. The number of alkyl halides is 1. The van der Waals surface area contributed by atoms with Gasteiger partial charge in [-0.25, -0.2) is 8.78 Å². The molecular formula is C18H20F2. The Bertz CT molecular complexity index is 605. The van der Waals surface area contributed by atoms with Gasteiger partial charge in [0.15, 0.2) is 0 Å². The minimum atomic E-state index is -0.788. The van der Waals surface area contributed by atoms with E-state index in [9.17, 15) is 8.78 Å². The summed E-state index contributed by atoms with van der Waals surface area (Å²) in [6.45, 7) is 7.52. The van der Waals surface area contributed by atoms with Crippen LogP contribution in [0.4, 0.5) is 8.78 Å². The molecule has 0 N–H and O–H groups in total. The topological polar surface area (TPSA) is 0 Å². The van der Waals surface area contributed by atoms with Crippen molar-refractivity contribution in [3.63, 3.8) is 0 Å². The van der Waals surface area contributed by atoms with E-state index in [4.69, 9.17) is 0 Å². The molecule has 2 heteroatoms. The zero-order valence-corrected chi connectivity index (χ0v) is 12.4. The molecule has 0 radical (unpaired) electrons. The Morgan fingerprint density at radius 1 is 0.950 bits per heavy atom. The number of hydrogen-bond acceptors (Lipinski definition) is 0. The molecular weight excluding hydrogens is 254 g/mol. The molecule has 0 fully saturated rings. The van der Waals surface area contributed by atoms with E-state index in [0.29, 0.717) is 5.56 Å². The first-order chi connectivity index (χ1) is 9.34. The fourth-order valence-electron chi connectivity index (χ4n) is 2.41. The summed E-state index contributed by atoms with van der Waals surface area (Å²) in [4.78, 5) is 0. The van der Waals surface area contributed by atoms with E-state index in [1.54, 1.807) is 6.07 Å². The number of benzene rings is 2. The first kappa shape index (κ1) is 14.7. The third kappa shape index (κ3) is 2.74. The second-order valence-electron chi connectivity index (χ2n) is 6.18. The Balaban J connectivity index is 2.55. The summed E-state index contributed by atoms with van der Waals surface area (Å²) in [5.41, 5.74) is 3.85. The smallest absolute Gasteiger partial charge is 0.129 e. The number of rotatable bonds is 2. The predicted octanol–water partition coefficient (Wildman–Crippen LogP) is 5.57. The largest absolute Gasteiger partial charge is 0.246 e. The van der Waals surface area contributed by atoms with E-state index in [1.807, 2.05) is 31.2 Å². The monoisotopic (exact) mass is 274 g/mol. The highest BCUT2D eigenvalue weighted by molar-refractivity contribution is 5.71. The van der Waals surface area contributed by atoms with Crippen molar-refractivity contribution < 1.29 is 8.78 Å². The van der Waals surface area contributed by atoms with Crippen LogP contribution < -0.4 is 0 Å². The molecule has 0 saturated carbocycles. The van der Waals surface area contributed by atoms with Crippen molar-refractivity contribution in [1.29, 1.82) is 0 Å². The van der Waals surface area contributed by atoms with Crippen molar-refractivity contribution in [3.8, 4) is 11.1 Å². The highest BCUT2D eigenvalue weighted by Gasteiger charge is 2.16. The van der Waals surface area contributed by atoms with Crippen LogP contribution in [0.15, 0.2) is 36.4 Å². The van der Waals surface area contributed by atoms with Gasteiger partial charge >= 0.3 is 0 Å². The highest BCUT2D eigenvalue weighted by Crippen LogP contribution is 2.32. The second-order valence-corrected chi connectivity index (χ2v) is 6.18. The molecule has 0 spiro atoms. The molecule has 0 aliphatic heterocycles. The Hall–Kier alpha value is -1.70. The molecule has 2 rings (SSSR count). The number of aryl methyl sites for hydroxylation is 1. The Labute approximate surface area is 119 Å². The predicted molar refractivity (Wildman–Crippen MR) is 80.1 cm³/mol. The number of hydrogen-bond donors (Lipinski definition) is 0. The van der Waals surface area contributed by atoms with Gasteiger partial charge in [0.05, 0.1) is 0 Å². The molecule has 0 unspecified atom stereocenters. The Morgan fingerprint density at radius 3 is 2.05 bits per heavy atom. The van der Waals surface area contributed by atoms with Crippen LogP contribution in [0, 0.1) is 12.7 Å². The average molecular weight is 274 g/mol. The molecule has 0 aliphatic carbocycles. The standard InChI is InChI=1S/C18H20F2/c1-12-5-10-16(20)15(11-19)17(12)13-6-8-14(9-7-13)18(2,3)4/h5-10H,11H2,1-4H3. The SMILES string of the molecule is Cc1ccc(F)c(CF)c1-c1ccc(C(C)(C)C)cc1. The highest BCUT2D eigenvalue weighted by atomic mass is 19.1. The Morgan fingerprint density at radius 2 is 1.55 bits per heavy atom. The van der Waals surface area contributed by atoms with Gasteiger partial charge in [0.1, 0.15) is 12.5 Å². The van der Waals surface area contributed by atoms with Crippen LogP contribution in [0.1, 0.15) is 37.5 Å². The summed E-state index contributed by atoms with van der Waals surface area (Å²) < 4.78 is 26.9. The van der Waals surface area contributed by atoms with Crippen LogP contribution in [0.2, 0.25) is 0 Å². The first-order valence-electron chi connectivity index (χ1n) is 6.79. The molecule has 0 aliphatic rings. The van der Waals surface area contributed by atoms with Gasteiger partial charge < -0.3 is 0 Å². The molecule has 0 aromatic heterocycles. The molecule has 0 heterocycles.